The second-order valence-corrected chi connectivity index (χ2v) is 6.42. The number of fused-ring (bicyclic) bond motifs is 1. The van der Waals surface area contributed by atoms with Crippen molar-refractivity contribution in [2.75, 3.05) is 13.7 Å². The van der Waals surface area contributed by atoms with E-state index in [1.54, 1.807) is 7.11 Å². The van der Waals surface area contributed by atoms with E-state index in [-0.39, 0.29) is 24.6 Å². The zero-order chi connectivity index (χ0) is 17.9. The third-order valence-corrected chi connectivity index (χ3v) is 3.86. The number of carbonyl (C=O) groups is 1. The Morgan fingerprint density at radius 1 is 1.17 bits per heavy atom. The van der Waals surface area contributed by atoms with E-state index in [1.165, 1.54) is 0 Å². The van der Waals surface area contributed by atoms with E-state index < -0.39 is 0 Å². The lowest BCUT2D eigenvalue weighted by Crippen LogP contribution is -2.44. The van der Waals surface area contributed by atoms with Crippen LogP contribution in [0.1, 0.15) is 33.4 Å². The highest BCUT2D eigenvalue weighted by molar-refractivity contribution is 5.87. The number of ether oxygens (including phenoxy) is 2. The van der Waals surface area contributed by atoms with Crippen molar-refractivity contribution in [3.8, 4) is 11.5 Å². The molecule has 0 bridgehead atoms. The smallest absolute Gasteiger partial charge is 0.260 e. The van der Waals surface area contributed by atoms with Gasteiger partial charge in [0.05, 0.1) is 12.6 Å². The van der Waals surface area contributed by atoms with Gasteiger partial charge in [-0.1, -0.05) is 0 Å². The van der Waals surface area contributed by atoms with E-state index in [4.69, 9.17) is 9.47 Å². The largest absolute Gasteiger partial charge is 0.497 e. The fraction of sp³-hybridized carbons (Fsp3) is 0.474. The predicted octanol–water partition coefficient (Wildman–Crippen LogP) is 3.58. The Labute approximate surface area is 143 Å². The Hall–Kier alpha value is -2.30. The molecule has 0 N–H and O–H groups in total. The Kier molecular flexibility index (Phi) is 5.65. The quantitative estimate of drug-likeness (QED) is 0.812. The number of aryl methyl sites for hydroxylation is 1. The van der Waals surface area contributed by atoms with Crippen molar-refractivity contribution in [1.82, 2.24) is 9.88 Å². The summed E-state index contributed by atoms with van der Waals surface area (Å²) in [6, 6.07) is 7.76. The van der Waals surface area contributed by atoms with Crippen LogP contribution in [0.15, 0.2) is 24.3 Å². The molecular weight excluding hydrogens is 304 g/mol. The van der Waals surface area contributed by atoms with Gasteiger partial charge >= 0.3 is 0 Å². The van der Waals surface area contributed by atoms with Gasteiger partial charge in [-0.2, -0.15) is 0 Å². The van der Waals surface area contributed by atoms with Crippen molar-refractivity contribution in [2.24, 2.45) is 0 Å². The number of hydrogen-bond donors (Lipinski definition) is 0. The highest BCUT2D eigenvalue weighted by Crippen LogP contribution is 2.29. The highest BCUT2D eigenvalue weighted by Gasteiger charge is 2.20. The van der Waals surface area contributed by atoms with Crippen LogP contribution in [0.5, 0.6) is 11.5 Å². The Morgan fingerprint density at radius 3 is 2.42 bits per heavy atom. The maximum Gasteiger partial charge on any atom is 0.260 e. The van der Waals surface area contributed by atoms with Crippen LogP contribution in [0.25, 0.3) is 10.9 Å². The molecule has 0 aliphatic heterocycles. The number of methoxy groups -OCH3 is 1. The summed E-state index contributed by atoms with van der Waals surface area (Å²) in [5.74, 6) is 1.36. The van der Waals surface area contributed by atoms with E-state index in [1.807, 2.05) is 63.8 Å². The summed E-state index contributed by atoms with van der Waals surface area (Å²) in [4.78, 5) is 18.8. The van der Waals surface area contributed by atoms with Crippen molar-refractivity contribution in [2.45, 2.75) is 46.7 Å². The second-order valence-electron chi connectivity index (χ2n) is 6.42. The third-order valence-electron chi connectivity index (χ3n) is 3.86. The van der Waals surface area contributed by atoms with Gasteiger partial charge in [0.1, 0.15) is 11.5 Å². The predicted molar refractivity (Wildman–Crippen MR) is 95.6 cm³/mol. The molecule has 24 heavy (non-hydrogen) atoms. The third kappa shape index (κ3) is 3.96. The first-order valence-corrected chi connectivity index (χ1v) is 8.22. The van der Waals surface area contributed by atoms with Crippen LogP contribution in [0.2, 0.25) is 0 Å². The number of benzene rings is 1. The SMILES string of the molecule is COc1ccc2nc(C)cc(OCC(=O)N(C(C)C)C(C)C)c2c1. The van der Waals surface area contributed by atoms with Gasteiger partial charge in [0.2, 0.25) is 0 Å². The molecule has 0 fully saturated rings. The minimum Gasteiger partial charge on any atom is -0.497 e. The van der Waals surface area contributed by atoms with Crippen molar-refractivity contribution in [3.63, 3.8) is 0 Å². The second kappa shape index (κ2) is 7.51. The standard InChI is InChI=1S/C19H26N2O3/c1-12(2)21(13(3)4)19(22)11-24-18-9-14(5)20-17-8-7-15(23-6)10-16(17)18/h7-10,12-13H,11H2,1-6H3. The molecule has 0 aliphatic carbocycles. The summed E-state index contributed by atoms with van der Waals surface area (Å²) in [5, 5.41) is 0.841. The molecule has 1 aromatic heterocycles. The van der Waals surface area contributed by atoms with Crippen molar-refractivity contribution >= 4 is 16.8 Å². The fourth-order valence-electron chi connectivity index (χ4n) is 2.93. The number of hydrogen-bond acceptors (Lipinski definition) is 4. The molecule has 1 heterocycles. The molecule has 1 amide bonds. The van der Waals surface area contributed by atoms with Crippen molar-refractivity contribution in [1.29, 1.82) is 0 Å². The van der Waals surface area contributed by atoms with Gasteiger partial charge in [0.15, 0.2) is 6.61 Å². The number of rotatable bonds is 6. The van der Waals surface area contributed by atoms with Crippen LogP contribution in [-0.4, -0.2) is 41.6 Å². The normalized spacial score (nSPS) is 11.2. The Bertz CT molecular complexity index is 718. The lowest BCUT2D eigenvalue weighted by atomic mass is 10.1. The number of pyridine rings is 1. The van der Waals surface area contributed by atoms with Gasteiger partial charge in [-0.15, -0.1) is 0 Å². The molecule has 0 aliphatic rings. The summed E-state index contributed by atoms with van der Waals surface area (Å²) < 4.78 is 11.1. The van der Waals surface area contributed by atoms with Crippen LogP contribution < -0.4 is 9.47 Å². The lowest BCUT2D eigenvalue weighted by molar-refractivity contribution is -0.136. The molecule has 5 nitrogen and oxygen atoms in total. The molecule has 1 aromatic carbocycles. The monoisotopic (exact) mass is 330 g/mol. The van der Waals surface area contributed by atoms with E-state index in [9.17, 15) is 4.79 Å². The number of nitrogens with zero attached hydrogens (tertiary/aromatic N) is 2. The zero-order valence-corrected chi connectivity index (χ0v) is 15.3. The lowest BCUT2D eigenvalue weighted by Gasteiger charge is -2.30. The minimum absolute atomic E-state index is 0.00607. The van der Waals surface area contributed by atoms with E-state index in [0.717, 1.165) is 22.3 Å². The molecule has 0 spiro atoms. The van der Waals surface area contributed by atoms with E-state index >= 15 is 0 Å². The molecule has 0 saturated heterocycles. The summed E-state index contributed by atoms with van der Waals surface area (Å²) in [7, 11) is 1.62. The average molecular weight is 330 g/mol. The molecular formula is C19H26N2O3. The van der Waals surface area contributed by atoms with Gasteiger partial charge in [0, 0.05) is 29.2 Å². The Balaban J connectivity index is 2.27. The van der Waals surface area contributed by atoms with Gasteiger partial charge in [-0.05, 0) is 52.8 Å². The first kappa shape index (κ1) is 18.0. The molecule has 2 aromatic rings. The topological polar surface area (TPSA) is 51.7 Å². The van der Waals surface area contributed by atoms with Gasteiger partial charge < -0.3 is 14.4 Å². The number of amides is 1. The minimum atomic E-state index is -0.0227. The summed E-state index contributed by atoms with van der Waals surface area (Å²) in [5.41, 5.74) is 1.67. The van der Waals surface area contributed by atoms with E-state index in [2.05, 4.69) is 4.98 Å². The fourth-order valence-corrected chi connectivity index (χ4v) is 2.93. The molecule has 5 heteroatoms. The van der Waals surface area contributed by atoms with Crippen LogP contribution in [0.4, 0.5) is 0 Å². The molecule has 130 valence electrons. The maximum atomic E-state index is 12.5. The van der Waals surface area contributed by atoms with Gasteiger partial charge in [-0.25, -0.2) is 0 Å². The molecule has 2 rings (SSSR count). The van der Waals surface area contributed by atoms with Gasteiger partial charge in [0.25, 0.3) is 5.91 Å². The van der Waals surface area contributed by atoms with Crippen LogP contribution in [0, 0.1) is 6.92 Å². The first-order chi connectivity index (χ1) is 11.3. The van der Waals surface area contributed by atoms with Crippen molar-refractivity contribution < 1.29 is 14.3 Å². The van der Waals surface area contributed by atoms with Gasteiger partial charge in [-0.3, -0.25) is 9.78 Å². The maximum absolute atomic E-state index is 12.5. The summed E-state index contributed by atoms with van der Waals surface area (Å²) >= 11 is 0. The molecule has 0 saturated carbocycles. The first-order valence-electron chi connectivity index (χ1n) is 8.22. The number of aromatic nitrogens is 1. The summed E-state index contributed by atoms with van der Waals surface area (Å²) in [6.07, 6.45) is 0. The van der Waals surface area contributed by atoms with Crippen LogP contribution in [0.3, 0.4) is 0 Å². The average Bonchev–Trinajstić information content (AvgIpc) is 2.51. The highest BCUT2D eigenvalue weighted by atomic mass is 16.5. The molecule has 0 atom stereocenters. The van der Waals surface area contributed by atoms with Crippen molar-refractivity contribution in [3.05, 3.63) is 30.0 Å². The van der Waals surface area contributed by atoms with E-state index in [0.29, 0.717) is 5.75 Å². The Morgan fingerprint density at radius 2 is 1.83 bits per heavy atom. The zero-order valence-electron chi connectivity index (χ0n) is 15.3. The van der Waals surface area contributed by atoms with Crippen LogP contribution in [-0.2, 0) is 4.79 Å². The molecule has 0 unspecified atom stereocenters. The van der Waals surface area contributed by atoms with Crippen LogP contribution >= 0.6 is 0 Å². The molecule has 0 radical (unpaired) electrons. The number of carbonyl (C=O) groups excluding carboxylic acids is 1. The summed E-state index contributed by atoms with van der Waals surface area (Å²) in [6.45, 7) is 9.95.